The Kier molecular flexibility index (Phi) is 55.6. The largest absolute Gasteiger partial charge is 3.00 e. The minimum Gasteiger partial charge on any atom is -0.673 e. The normalized spacial score (nSPS) is 14.0. The molecule has 18 heteroatoms. The van der Waals surface area contributed by atoms with E-state index in [9.17, 15) is 0 Å². The zero-order valence-electron chi connectivity index (χ0n) is 72.4. The van der Waals surface area contributed by atoms with Gasteiger partial charge in [0.1, 0.15) is 0 Å². The Hall–Kier alpha value is -3.82. The molecular formula is C92H144N8O4Si4Y2. The van der Waals surface area contributed by atoms with Crippen LogP contribution in [0.5, 0.6) is 0 Å². The van der Waals surface area contributed by atoms with Crippen molar-refractivity contribution in [2.45, 2.75) is 274 Å². The minimum absolute atomic E-state index is 0. The van der Waals surface area contributed by atoms with Crippen LogP contribution in [0.4, 0.5) is 11.4 Å². The van der Waals surface area contributed by atoms with Crippen molar-refractivity contribution in [1.29, 1.82) is 0 Å². The smallest absolute Gasteiger partial charge is 0.673 e. The van der Waals surface area contributed by atoms with Crippen LogP contribution >= 0.6 is 0 Å². The predicted molar refractivity (Wildman–Crippen MR) is 478 cm³/mol. The molecule has 4 saturated heterocycles. The first-order valence-corrected chi connectivity index (χ1v) is 52.9. The summed E-state index contributed by atoms with van der Waals surface area (Å²) in [6, 6.07) is 50.5. The van der Waals surface area contributed by atoms with Gasteiger partial charge in [-0.2, -0.15) is 12.4 Å². The first kappa shape index (κ1) is 102. The minimum atomic E-state index is -0.542. The summed E-state index contributed by atoms with van der Waals surface area (Å²) in [7, 11) is -2.17. The Balaban J connectivity index is 0.000000492. The Morgan fingerprint density at radius 1 is 0.318 bits per heavy atom. The molecule has 0 aliphatic carbocycles. The molecule has 8 aromatic rings. The van der Waals surface area contributed by atoms with Crippen molar-refractivity contribution in [1.82, 2.24) is 19.9 Å². The maximum absolute atomic E-state index is 5.52. The van der Waals surface area contributed by atoms with Crippen molar-refractivity contribution in [3.8, 4) is 22.8 Å². The van der Waals surface area contributed by atoms with E-state index in [2.05, 4.69) is 278 Å². The Morgan fingerprint density at radius 3 is 0.764 bits per heavy atom. The van der Waals surface area contributed by atoms with Crippen molar-refractivity contribution >= 4 is 47.2 Å². The monoisotopic (exact) mass is 1710 g/mol. The summed E-state index contributed by atoms with van der Waals surface area (Å²) < 4.78 is 28.9. The van der Waals surface area contributed by atoms with Crippen molar-refractivity contribution in [3.63, 3.8) is 0 Å². The standard InChI is InChI=1S/2C31H35N3.C6H14.2C4H14NSi2.4C4H8O.2Y/c2*1-20(2)23-12-7-8-13-26(23)31(29-17-10-16-28(33-29)27-18-11-19-32-27)34-30-24(21(3)4)14-9-15-25(30)22(5)6;1-3-5-6-4-2;2*1-6(2)5-7(3)4;4*1-2-4-5-3-1;;/h2*7-22,31H,1-6H3;3-6H2,1-2H3;2*6-7H,1-4H3;4*1-4H2;;/q2*-2;;2*-1;;;;;2*+3/t2*31-;;;;;;;;;/m10........./s1. The number of pyridine rings is 2. The summed E-state index contributed by atoms with van der Waals surface area (Å²) in [4.78, 5) is 19.1. The SMILES string of the molecule is C1CCOC1.C1CCOC1.C1CCOC1.C1CCOC1.CC(C)c1ccccc1[C@@H]([N-]c1c(C(C)C)cccc1C(C)C)c1cccc(-c2ccc[n-]2)n1.CC(C)c1ccccc1[C@H]([N-]c1c(C(C)C)cccc1C(C)C)c1cccc(-c2ccc[n-]2)n1.CCCCCC.C[SiH](C)[N-][SiH](C)C.C[SiH](C)[N-][SiH](C)C.[Y+3].[Y+3]. The number of aromatic nitrogens is 4. The summed E-state index contributed by atoms with van der Waals surface area (Å²) in [5.74, 6) is 2.30. The second kappa shape index (κ2) is 59.8. The number of ether oxygens (including phenoxy) is 4. The number of unbranched alkanes of at least 4 members (excludes halogenated alkanes) is 3. The zero-order chi connectivity index (χ0) is 79.2. The van der Waals surface area contributed by atoms with Crippen molar-refractivity contribution in [2.24, 2.45) is 0 Å². The topological polar surface area (TPSA) is 147 Å². The van der Waals surface area contributed by atoms with E-state index in [1.807, 2.05) is 48.8 Å². The van der Waals surface area contributed by atoms with E-state index in [-0.39, 0.29) is 77.5 Å². The fraction of sp³-hybridized carbons (Fsp3) is 0.543. The van der Waals surface area contributed by atoms with Gasteiger partial charge in [0, 0.05) is 75.6 Å². The molecule has 12 rings (SSSR count). The number of para-hydroxylation sites is 2. The number of rotatable bonds is 23. The van der Waals surface area contributed by atoms with Gasteiger partial charge in [-0.25, -0.2) is 0 Å². The average Bonchev–Trinajstić information content (AvgIpc) is 0.870. The zero-order valence-corrected chi connectivity index (χ0v) is 82.7. The van der Waals surface area contributed by atoms with E-state index < -0.39 is 35.8 Å². The Morgan fingerprint density at radius 2 is 0.564 bits per heavy atom. The van der Waals surface area contributed by atoms with Crippen LogP contribution in [-0.4, -0.2) is 98.7 Å². The van der Waals surface area contributed by atoms with Crippen LogP contribution in [-0.2, 0) is 84.4 Å². The van der Waals surface area contributed by atoms with Gasteiger partial charge in [0.2, 0.25) is 0 Å². The van der Waals surface area contributed by atoms with Gasteiger partial charge < -0.3 is 48.8 Å². The predicted octanol–water partition coefficient (Wildman–Crippen LogP) is 26.2. The number of nitrogens with zero attached hydrogens (tertiary/aromatic N) is 8. The van der Waals surface area contributed by atoms with E-state index >= 15 is 0 Å². The third kappa shape index (κ3) is 39.7. The van der Waals surface area contributed by atoms with Gasteiger partial charge in [-0.1, -0.05) is 366 Å². The van der Waals surface area contributed by atoms with Crippen LogP contribution in [0.15, 0.2) is 158 Å². The van der Waals surface area contributed by atoms with Crippen molar-refractivity contribution in [3.05, 3.63) is 234 Å². The molecule has 12 nitrogen and oxygen atoms in total. The van der Waals surface area contributed by atoms with Gasteiger partial charge in [-0.05, 0) is 134 Å². The van der Waals surface area contributed by atoms with E-state index in [0.717, 1.165) is 98.4 Å². The summed E-state index contributed by atoms with van der Waals surface area (Å²) in [5, 5.41) is 11.0. The van der Waals surface area contributed by atoms with E-state index in [1.165, 1.54) is 122 Å². The molecule has 0 N–H and O–H groups in total. The molecule has 110 heavy (non-hydrogen) atoms. The fourth-order valence-corrected chi connectivity index (χ4v) is 22.4. The molecule has 0 saturated carbocycles. The maximum Gasteiger partial charge on any atom is 3.00 e. The number of benzene rings is 4. The number of hydrogen-bond donors (Lipinski definition) is 0. The third-order valence-electron chi connectivity index (χ3n) is 18.2. The molecule has 4 fully saturated rings. The molecule has 0 spiro atoms. The molecule has 4 aliphatic rings. The quantitative estimate of drug-likeness (QED) is 0.0454. The van der Waals surface area contributed by atoms with Gasteiger partial charge >= 0.3 is 65.4 Å². The molecule has 0 unspecified atom stereocenters. The number of hydrogen-bond acceptors (Lipinski definition) is 6. The van der Waals surface area contributed by atoms with Crippen LogP contribution in [0.1, 0.15) is 277 Å². The molecule has 4 aliphatic heterocycles. The molecule has 0 amide bonds. The second-order valence-electron chi connectivity index (χ2n) is 31.4. The fourth-order valence-electron chi connectivity index (χ4n) is 12.9. The van der Waals surface area contributed by atoms with Gasteiger partial charge in [0.25, 0.3) is 0 Å². The van der Waals surface area contributed by atoms with Crippen LogP contribution in [0.25, 0.3) is 42.7 Å². The summed E-state index contributed by atoms with van der Waals surface area (Å²) >= 11 is 0. The summed E-state index contributed by atoms with van der Waals surface area (Å²) in [6.07, 6.45) is 19.4. The van der Waals surface area contributed by atoms with Gasteiger partial charge in [0.15, 0.2) is 0 Å². The summed E-state index contributed by atoms with van der Waals surface area (Å²) in [5.41, 5.74) is 17.8. The molecule has 0 bridgehead atoms. The second-order valence-corrected chi connectivity index (χ2v) is 42.6. The molecule has 2 atom stereocenters. The molecule has 598 valence electrons. The van der Waals surface area contributed by atoms with Crippen molar-refractivity contribution < 1.29 is 84.4 Å². The van der Waals surface area contributed by atoms with Crippen LogP contribution in [0.3, 0.4) is 0 Å². The van der Waals surface area contributed by atoms with Crippen LogP contribution in [0.2, 0.25) is 52.4 Å². The molecule has 8 heterocycles. The van der Waals surface area contributed by atoms with Crippen LogP contribution in [0, 0.1) is 0 Å². The maximum atomic E-state index is 5.52. The first-order valence-electron chi connectivity index (χ1n) is 41.6. The van der Waals surface area contributed by atoms with Crippen LogP contribution < -0.4 is 9.97 Å². The summed E-state index contributed by atoms with van der Waals surface area (Å²) in [6.45, 7) is 57.6. The third-order valence-corrected chi connectivity index (χ3v) is 27.8. The Labute approximate surface area is 728 Å². The van der Waals surface area contributed by atoms with E-state index in [4.69, 9.17) is 39.5 Å². The molecule has 4 aromatic heterocycles. The van der Waals surface area contributed by atoms with Crippen molar-refractivity contribution in [2.75, 3.05) is 52.9 Å². The van der Waals surface area contributed by atoms with Gasteiger partial charge in [0.05, 0.1) is 0 Å². The van der Waals surface area contributed by atoms with E-state index in [1.54, 1.807) is 0 Å². The average molecular weight is 1720 g/mol. The van der Waals surface area contributed by atoms with Gasteiger partial charge in [-0.15, -0.1) is 22.8 Å². The first-order chi connectivity index (χ1) is 51.9. The molecule has 4 aromatic carbocycles. The van der Waals surface area contributed by atoms with Gasteiger partial charge in [-0.3, -0.25) is 9.97 Å². The molecule has 0 radical (unpaired) electrons. The molecular weight excluding hydrogens is 1570 g/mol. The van der Waals surface area contributed by atoms with E-state index in [0.29, 0.717) is 35.5 Å². The Bertz CT molecular complexity index is 3230.